The summed E-state index contributed by atoms with van der Waals surface area (Å²) < 4.78 is 5.73. The number of ether oxygens (including phenoxy) is 1. The van der Waals surface area contributed by atoms with Gasteiger partial charge in [0.1, 0.15) is 5.60 Å². The van der Waals surface area contributed by atoms with E-state index in [9.17, 15) is 9.90 Å². The fraction of sp³-hybridized carbons (Fsp3) is 0.667. The number of benzene rings is 1. The highest BCUT2D eigenvalue weighted by atomic mass is 16.6. The predicted molar refractivity (Wildman–Crippen MR) is 149 cm³/mol. The molecule has 0 radical (unpaired) electrons. The normalized spacial score (nSPS) is 30.4. The summed E-state index contributed by atoms with van der Waals surface area (Å²) in [6, 6.07) is 9.23. The van der Waals surface area contributed by atoms with Gasteiger partial charge in [-0.2, -0.15) is 0 Å². The molecule has 2 atom stereocenters. The Balaban J connectivity index is 1.18. The zero-order valence-electron chi connectivity index (χ0n) is 23.4. The van der Waals surface area contributed by atoms with Gasteiger partial charge in [-0.3, -0.25) is 0 Å². The highest BCUT2D eigenvalue weighted by Crippen LogP contribution is 2.63. The highest BCUT2D eigenvalue weighted by Gasteiger charge is 2.52. The molecule has 0 unspecified atom stereocenters. The van der Waals surface area contributed by atoms with Gasteiger partial charge < -0.3 is 14.7 Å². The van der Waals surface area contributed by atoms with Crippen molar-refractivity contribution >= 4 is 6.09 Å². The monoisotopic (exact) mass is 505 g/mol. The van der Waals surface area contributed by atoms with Gasteiger partial charge in [0, 0.05) is 6.54 Å². The van der Waals surface area contributed by atoms with Crippen LogP contribution in [0, 0.1) is 23.2 Å². The summed E-state index contributed by atoms with van der Waals surface area (Å²) in [5.41, 5.74) is 4.00. The minimum atomic E-state index is -0.756. The molecule has 4 bridgehead atoms. The summed E-state index contributed by atoms with van der Waals surface area (Å²) in [5, 5.41) is 11.0. The van der Waals surface area contributed by atoms with E-state index in [1.54, 1.807) is 10.5 Å². The summed E-state index contributed by atoms with van der Waals surface area (Å²) >= 11 is 0. The zero-order valence-corrected chi connectivity index (χ0v) is 23.4. The Kier molecular flexibility index (Phi) is 7.60. The highest BCUT2D eigenvalue weighted by molar-refractivity contribution is 5.68. The fourth-order valence-electron chi connectivity index (χ4n) is 8.17. The Morgan fingerprint density at radius 2 is 1.65 bits per heavy atom. The third-order valence-corrected chi connectivity index (χ3v) is 9.56. The van der Waals surface area contributed by atoms with Crippen LogP contribution in [0.2, 0.25) is 0 Å². The lowest BCUT2D eigenvalue weighted by Gasteiger charge is -2.58. The molecular weight excluding hydrogens is 458 g/mol. The number of hydrogen-bond donors (Lipinski definition) is 1. The first-order valence-electron chi connectivity index (χ1n) is 14.7. The molecule has 0 heterocycles. The topological polar surface area (TPSA) is 49.8 Å². The van der Waals surface area contributed by atoms with Gasteiger partial charge in [0.15, 0.2) is 0 Å². The van der Waals surface area contributed by atoms with Gasteiger partial charge in [-0.15, -0.1) is 0 Å². The first kappa shape index (κ1) is 26.5. The Morgan fingerprint density at radius 3 is 2.19 bits per heavy atom. The van der Waals surface area contributed by atoms with Crippen molar-refractivity contribution < 1.29 is 14.6 Å². The van der Waals surface area contributed by atoms with Crippen molar-refractivity contribution in [2.24, 2.45) is 23.2 Å². The van der Waals surface area contributed by atoms with E-state index in [-0.39, 0.29) is 12.1 Å². The molecule has 6 rings (SSSR count). The third-order valence-electron chi connectivity index (χ3n) is 9.56. The molecule has 1 amide bonds. The van der Waals surface area contributed by atoms with Crippen LogP contribution in [0.25, 0.3) is 0 Å². The summed E-state index contributed by atoms with van der Waals surface area (Å²) in [6.45, 7) is 8.16. The van der Waals surface area contributed by atoms with Crippen molar-refractivity contribution in [3.63, 3.8) is 0 Å². The second kappa shape index (κ2) is 10.6. The Morgan fingerprint density at radius 1 is 1.03 bits per heavy atom. The zero-order chi connectivity index (χ0) is 26.2. The van der Waals surface area contributed by atoms with E-state index >= 15 is 0 Å². The van der Waals surface area contributed by atoms with Crippen LogP contribution in [-0.2, 0) is 4.74 Å². The number of carbonyl (C=O) groups is 1. The van der Waals surface area contributed by atoms with Crippen molar-refractivity contribution in [1.29, 1.82) is 0 Å². The number of amides is 1. The van der Waals surface area contributed by atoms with E-state index in [0.717, 1.165) is 49.0 Å². The van der Waals surface area contributed by atoms with Crippen LogP contribution in [0.5, 0.6) is 0 Å². The van der Waals surface area contributed by atoms with Crippen LogP contribution in [0.1, 0.15) is 104 Å². The van der Waals surface area contributed by atoms with Crippen molar-refractivity contribution in [3.05, 3.63) is 59.2 Å². The average molecular weight is 506 g/mol. The molecule has 0 saturated heterocycles. The lowest BCUT2D eigenvalue weighted by molar-refractivity contribution is -0.0317. The van der Waals surface area contributed by atoms with Crippen LogP contribution in [0.15, 0.2) is 53.6 Å². The minimum Gasteiger partial charge on any atom is -0.444 e. The molecule has 202 valence electrons. The van der Waals surface area contributed by atoms with E-state index in [0.29, 0.717) is 12.0 Å². The van der Waals surface area contributed by atoms with E-state index < -0.39 is 11.7 Å². The van der Waals surface area contributed by atoms with Gasteiger partial charge in [0.25, 0.3) is 0 Å². The molecule has 5 aliphatic carbocycles. The summed E-state index contributed by atoms with van der Waals surface area (Å²) in [6.07, 6.45) is 16.8. The van der Waals surface area contributed by atoms with Crippen molar-refractivity contribution in [3.8, 4) is 0 Å². The van der Waals surface area contributed by atoms with Gasteiger partial charge in [-0.25, -0.2) is 4.79 Å². The SMILES string of the molecule is C[C@@H]([C@H](O)c1ccccc1)N(CCCC1=CCC(C23CC4CC(CC(C4)C2)C3)=CC1)C(=O)OC(C)(C)C. The van der Waals surface area contributed by atoms with Crippen molar-refractivity contribution in [2.45, 2.75) is 110 Å². The number of allylic oxidation sites excluding steroid dienone is 4. The van der Waals surface area contributed by atoms with Crippen LogP contribution >= 0.6 is 0 Å². The molecule has 4 heteroatoms. The van der Waals surface area contributed by atoms with E-state index in [1.165, 1.54) is 44.1 Å². The van der Waals surface area contributed by atoms with Crippen molar-refractivity contribution in [2.75, 3.05) is 6.54 Å². The number of carbonyl (C=O) groups excluding carboxylic acids is 1. The van der Waals surface area contributed by atoms with E-state index in [4.69, 9.17) is 4.74 Å². The van der Waals surface area contributed by atoms with Crippen LogP contribution in [0.4, 0.5) is 4.79 Å². The molecule has 1 aromatic rings. The maximum Gasteiger partial charge on any atom is 0.410 e. The average Bonchev–Trinajstić information content (AvgIpc) is 2.85. The minimum absolute atomic E-state index is 0.350. The summed E-state index contributed by atoms with van der Waals surface area (Å²) in [5.74, 6) is 2.97. The molecule has 4 saturated carbocycles. The largest absolute Gasteiger partial charge is 0.444 e. The molecule has 4 nitrogen and oxygen atoms in total. The number of aliphatic hydroxyl groups excluding tert-OH is 1. The summed E-state index contributed by atoms with van der Waals surface area (Å²) in [4.78, 5) is 14.9. The number of hydrogen-bond acceptors (Lipinski definition) is 3. The maximum atomic E-state index is 13.1. The Bertz CT molecular complexity index is 982. The molecule has 37 heavy (non-hydrogen) atoms. The molecule has 0 aliphatic heterocycles. The van der Waals surface area contributed by atoms with Crippen LogP contribution in [0.3, 0.4) is 0 Å². The van der Waals surface area contributed by atoms with Crippen LogP contribution < -0.4 is 0 Å². The van der Waals surface area contributed by atoms with E-state index in [2.05, 4.69) is 12.2 Å². The first-order chi connectivity index (χ1) is 17.6. The molecule has 0 aromatic heterocycles. The second-order valence-corrected chi connectivity index (χ2v) is 13.6. The molecule has 0 spiro atoms. The smallest absolute Gasteiger partial charge is 0.410 e. The number of rotatable bonds is 8. The van der Waals surface area contributed by atoms with E-state index in [1.807, 2.05) is 58.0 Å². The molecule has 5 aliphatic rings. The van der Waals surface area contributed by atoms with Gasteiger partial charge in [0.2, 0.25) is 0 Å². The standard InChI is InChI=1S/C33H47NO3/c1-23(30(35)28-10-6-5-7-11-28)34(31(36)37-32(2,3)4)16-8-9-24-12-14-29(15-13-24)33-20-25-17-26(21-33)19-27(18-25)22-33/h5-7,10-12,15,23,25-27,30,35H,8-9,13-14,16-22H2,1-4H3/t23-,25?,26?,27?,30-,33?/m0/s1. The predicted octanol–water partition coefficient (Wildman–Crippen LogP) is 7.99. The lowest BCUT2D eigenvalue weighted by Crippen LogP contribution is -2.47. The molecule has 1 aromatic carbocycles. The summed E-state index contributed by atoms with van der Waals surface area (Å²) in [7, 11) is 0. The van der Waals surface area contributed by atoms with Gasteiger partial charge in [-0.05, 0) is 121 Å². The number of aliphatic hydroxyl groups is 1. The molecular formula is C33H47NO3. The first-order valence-corrected chi connectivity index (χ1v) is 14.7. The lowest BCUT2D eigenvalue weighted by atomic mass is 9.47. The van der Waals surface area contributed by atoms with Crippen LogP contribution in [-0.4, -0.2) is 34.3 Å². The van der Waals surface area contributed by atoms with Gasteiger partial charge in [0.05, 0.1) is 12.1 Å². The number of nitrogens with zero attached hydrogens (tertiary/aromatic N) is 1. The molecule has 4 fully saturated rings. The fourth-order valence-corrected chi connectivity index (χ4v) is 8.17. The maximum absolute atomic E-state index is 13.1. The molecule has 1 N–H and O–H groups in total. The third kappa shape index (κ3) is 6.00. The van der Waals surface area contributed by atoms with Gasteiger partial charge in [-0.1, -0.05) is 53.6 Å². The van der Waals surface area contributed by atoms with Crippen molar-refractivity contribution in [1.82, 2.24) is 4.90 Å². The second-order valence-electron chi connectivity index (χ2n) is 13.6. The Hall–Kier alpha value is -2.07. The Labute approximate surface area is 224 Å². The van der Waals surface area contributed by atoms with Gasteiger partial charge >= 0.3 is 6.09 Å². The quantitative estimate of drug-likeness (QED) is 0.364.